The van der Waals surface area contributed by atoms with E-state index in [9.17, 15) is 0 Å². The second-order valence-electron chi connectivity index (χ2n) is 7.21. The molecule has 1 saturated heterocycles. The van der Waals surface area contributed by atoms with E-state index in [0.717, 1.165) is 68.1 Å². The molecule has 0 amide bonds. The van der Waals surface area contributed by atoms with E-state index in [2.05, 4.69) is 38.0 Å². The van der Waals surface area contributed by atoms with E-state index in [1.54, 1.807) is 6.33 Å². The van der Waals surface area contributed by atoms with Crippen molar-refractivity contribution in [3.63, 3.8) is 0 Å². The third-order valence-corrected chi connectivity index (χ3v) is 5.47. The molecule has 0 bridgehead atoms. The zero-order chi connectivity index (χ0) is 17.3. The number of aryl methyl sites for hydroxylation is 2. The van der Waals surface area contributed by atoms with Crippen LogP contribution in [0.15, 0.2) is 35.1 Å². The highest BCUT2D eigenvalue weighted by molar-refractivity contribution is 5.81. The topological polar surface area (TPSA) is 58.3 Å². The van der Waals surface area contributed by atoms with Gasteiger partial charge in [-0.15, -0.1) is 0 Å². The molecule has 0 saturated carbocycles. The van der Waals surface area contributed by atoms with Crippen LogP contribution in [0.4, 0.5) is 5.69 Å². The van der Waals surface area contributed by atoms with Gasteiger partial charge in [0, 0.05) is 49.9 Å². The molecule has 2 aliphatic rings. The number of fused-ring (bicyclic) bond motifs is 2. The third-order valence-electron chi connectivity index (χ3n) is 5.47. The van der Waals surface area contributed by atoms with Crippen molar-refractivity contribution in [3.8, 4) is 0 Å². The van der Waals surface area contributed by atoms with Gasteiger partial charge in [-0.25, -0.2) is 15.0 Å². The van der Waals surface area contributed by atoms with Crippen molar-refractivity contribution in [1.82, 2.24) is 19.9 Å². The fourth-order valence-electron chi connectivity index (χ4n) is 4.00. The Morgan fingerprint density at radius 3 is 2.81 bits per heavy atom. The van der Waals surface area contributed by atoms with Gasteiger partial charge in [-0.05, 0) is 37.5 Å². The van der Waals surface area contributed by atoms with Gasteiger partial charge in [-0.2, -0.15) is 0 Å². The fraction of sp³-hybridized carbons (Fsp3) is 0.450. The van der Waals surface area contributed by atoms with E-state index in [-0.39, 0.29) is 0 Å². The summed E-state index contributed by atoms with van der Waals surface area (Å²) in [6.45, 7) is 4.90. The van der Waals surface area contributed by atoms with Gasteiger partial charge < -0.3 is 9.32 Å². The maximum absolute atomic E-state index is 5.99. The lowest BCUT2D eigenvalue weighted by Gasteiger charge is -2.35. The number of benzene rings is 1. The lowest BCUT2D eigenvalue weighted by atomic mass is 10.0. The Labute approximate surface area is 152 Å². The Balaban J connectivity index is 1.23. The molecule has 1 aromatic carbocycles. The molecule has 0 unspecified atom stereocenters. The van der Waals surface area contributed by atoms with Gasteiger partial charge in [-0.3, -0.25) is 4.90 Å². The van der Waals surface area contributed by atoms with Crippen LogP contribution in [0.25, 0.3) is 10.9 Å². The Hall–Kier alpha value is -2.47. The van der Waals surface area contributed by atoms with Crippen molar-refractivity contribution in [1.29, 1.82) is 0 Å². The third kappa shape index (κ3) is 3.05. The molecular formula is C20H23N5O. The predicted molar refractivity (Wildman–Crippen MR) is 100 cm³/mol. The molecule has 5 rings (SSSR count). The van der Waals surface area contributed by atoms with Crippen molar-refractivity contribution in [2.45, 2.75) is 32.2 Å². The maximum Gasteiger partial charge on any atom is 0.208 e. The lowest BCUT2D eigenvalue weighted by Crippen LogP contribution is -2.46. The van der Waals surface area contributed by atoms with Crippen molar-refractivity contribution in [2.24, 2.45) is 0 Å². The number of oxazole rings is 1. The fourth-order valence-corrected chi connectivity index (χ4v) is 4.00. The molecule has 0 spiro atoms. The standard InChI is InChI=1S/C20H23N5O/c1-2-4-19-18(3-1)23-20(26-19)13-24-7-9-25(10-8-24)16-5-6-17-15(11-16)12-21-14-22-17/h5-6,11-12,14H,1-4,7-10,13H2. The summed E-state index contributed by atoms with van der Waals surface area (Å²) >= 11 is 0. The zero-order valence-electron chi connectivity index (χ0n) is 14.9. The normalized spacial score (nSPS) is 18.2. The Morgan fingerprint density at radius 1 is 1.04 bits per heavy atom. The average Bonchev–Trinajstić information content (AvgIpc) is 3.10. The van der Waals surface area contributed by atoms with E-state index in [1.807, 2.05) is 6.20 Å². The highest BCUT2D eigenvalue weighted by Crippen LogP contribution is 2.24. The summed E-state index contributed by atoms with van der Waals surface area (Å²) in [5.41, 5.74) is 3.44. The second kappa shape index (κ2) is 6.68. The number of nitrogens with zero attached hydrogens (tertiary/aromatic N) is 5. The molecule has 0 radical (unpaired) electrons. The SMILES string of the molecule is c1ncc2cc(N3CCN(Cc4nc5c(o4)CCCC5)CC3)ccc2n1. The number of hydrogen-bond acceptors (Lipinski definition) is 6. The average molecular weight is 349 g/mol. The molecule has 0 N–H and O–H groups in total. The van der Waals surface area contributed by atoms with E-state index in [1.165, 1.54) is 24.2 Å². The molecule has 2 aromatic heterocycles. The predicted octanol–water partition coefficient (Wildman–Crippen LogP) is 2.82. The van der Waals surface area contributed by atoms with Gasteiger partial charge in [-0.1, -0.05) is 0 Å². The first-order valence-corrected chi connectivity index (χ1v) is 9.50. The molecule has 1 aliphatic carbocycles. The number of piperazine rings is 1. The summed E-state index contributed by atoms with van der Waals surface area (Å²) in [6, 6.07) is 6.43. The minimum Gasteiger partial charge on any atom is -0.444 e. The van der Waals surface area contributed by atoms with Crippen LogP contribution >= 0.6 is 0 Å². The first-order valence-electron chi connectivity index (χ1n) is 9.50. The van der Waals surface area contributed by atoms with Crippen LogP contribution in [-0.4, -0.2) is 46.0 Å². The van der Waals surface area contributed by atoms with E-state index in [0.29, 0.717) is 0 Å². The molecular weight excluding hydrogens is 326 g/mol. The van der Waals surface area contributed by atoms with Crippen molar-refractivity contribution in [3.05, 3.63) is 48.1 Å². The molecule has 6 nitrogen and oxygen atoms in total. The summed E-state index contributed by atoms with van der Waals surface area (Å²) in [7, 11) is 0. The van der Waals surface area contributed by atoms with Gasteiger partial charge in [0.1, 0.15) is 12.1 Å². The zero-order valence-corrected chi connectivity index (χ0v) is 14.9. The van der Waals surface area contributed by atoms with Crippen LogP contribution in [0.3, 0.4) is 0 Å². The highest BCUT2D eigenvalue weighted by Gasteiger charge is 2.21. The Kier molecular flexibility index (Phi) is 4.05. The van der Waals surface area contributed by atoms with Crippen molar-refractivity contribution in [2.75, 3.05) is 31.1 Å². The first-order chi connectivity index (χ1) is 12.8. The van der Waals surface area contributed by atoms with Gasteiger partial charge >= 0.3 is 0 Å². The van der Waals surface area contributed by atoms with Crippen molar-refractivity contribution >= 4 is 16.6 Å². The lowest BCUT2D eigenvalue weighted by molar-refractivity contribution is 0.224. The molecule has 134 valence electrons. The number of hydrogen-bond donors (Lipinski definition) is 0. The van der Waals surface area contributed by atoms with Crippen molar-refractivity contribution < 1.29 is 4.42 Å². The number of anilines is 1. The van der Waals surface area contributed by atoms with Gasteiger partial charge in [0.15, 0.2) is 0 Å². The monoisotopic (exact) mass is 349 g/mol. The number of rotatable bonds is 3. The first kappa shape index (κ1) is 15.8. The summed E-state index contributed by atoms with van der Waals surface area (Å²) < 4.78 is 5.99. The summed E-state index contributed by atoms with van der Waals surface area (Å²) in [5, 5.41) is 1.10. The van der Waals surface area contributed by atoms with E-state index in [4.69, 9.17) is 9.40 Å². The molecule has 6 heteroatoms. The van der Waals surface area contributed by atoms with E-state index < -0.39 is 0 Å². The maximum atomic E-state index is 5.99. The van der Waals surface area contributed by atoms with Crippen LogP contribution < -0.4 is 4.90 Å². The van der Waals surface area contributed by atoms with Gasteiger partial charge in [0.2, 0.25) is 5.89 Å². The van der Waals surface area contributed by atoms with Crippen LogP contribution in [0, 0.1) is 0 Å². The molecule has 1 aliphatic heterocycles. The molecule has 1 fully saturated rings. The van der Waals surface area contributed by atoms with Gasteiger partial charge in [0.05, 0.1) is 17.8 Å². The smallest absolute Gasteiger partial charge is 0.208 e. The summed E-state index contributed by atoms with van der Waals surface area (Å²) in [5.74, 6) is 2.02. The highest BCUT2D eigenvalue weighted by atomic mass is 16.4. The Morgan fingerprint density at radius 2 is 1.92 bits per heavy atom. The van der Waals surface area contributed by atoms with Crippen LogP contribution in [-0.2, 0) is 19.4 Å². The minimum absolute atomic E-state index is 0.826. The minimum atomic E-state index is 0.826. The number of aromatic nitrogens is 3. The molecule has 3 aromatic rings. The Bertz CT molecular complexity index is 890. The van der Waals surface area contributed by atoms with Crippen LogP contribution in [0.5, 0.6) is 0 Å². The summed E-state index contributed by atoms with van der Waals surface area (Å²) in [4.78, 5) is 18.0. The largest absolute Gasteiger partial charge is 0.444 e. The molecule has 26 heavy (non-hydrogen) atoms. The van der Waals surface area contributed by atoms with E-state index >= 15 is 0 Å². The van der Waals surface area contributed by atoms with Crippen LogP contribution in [0.2, 0.25) is 0 Å². The summed E-state index contributed by atoms with van der Waals surface area (Å²) in [6.07, 6.45) is 8.10. The van der Waals surface area contributed by atoms with Crippen LogP contribution in [0.1, 0.15) is 30.2 Å². The quantitative estimate of drug-likeness (QED) is 0.725. The molecule has 3 heterocycles. The van der Waals surface area contributed by atoms with Gasteiger partial charge in [0.25, 0.3) is 0 Å². The second-order valence-corrected chi connectivity index (χ2v) is 7.21. The molecule has 0 atom stereocenters.